The lowest BCUT2D eigenvalue weighted by atomic mass is 9.85. The number of thiophene rings is 2. The Labute approximate surface area is 293 Å². The van der Waals surface area contributed by atoms with E-state index in [0.29, 0.717) is 4.90 Å². The summed E-state index contributed by atoms with van der Waals surface area (Å²) in [4.78, 5) is 0.329. The van der Waals surface area contributed by atoms with Crippen molar-refractivity contribution in [3.8, 4) is 5.69 Å². The molecule has 3 heterocycles. The highest BCUT2D eigenvalue weighted by Crippen LogP contribution is 2.37. The minimum atomic E-state index is -2.63. The largest absolute Gasteiger partial charge is 0.309 e. The van der Waals surface area contributed by atoms with Crippen molar-refractivity contribution in [2.75, 3.05) is 0 Å². The van der Waals surface area contributed by atoms with Gasteiger partial charge in [0.15, 0.2) is 10.7 Å². The SMILES string of the molecule is CC(C)(C)c1ccc2c(c1)c1cc(C(C)(C)C)ccc1n2-c1cccc([SH](=O)=O)c1.c1ccc2sccc2c1.c1ccc2sccc2c1. The highest BCUT2D eigenvalue weighted by atomic mass is 32.2. The van der Waals surface area contributed by atoms with E-state index in [9.17, 15) is 8.42 Å². The fourth-order valence-corrected chi connectivity index (χ4v) is 7.82. The Morgan fingerprint density at radius 3 is 1.44 bits per heavy atom. The molecular formula is C42H41NO2S3. The fourth-order valence-electron chi connectivity index (χ4n) is 5.79. The van der Waals surface area contributed by atoms with Crippen LogP contribution in [0.1, 0.15) is 52.7 Å². The van der Waals surface area contributed by atoms with Crippen LogP contribution in [0.5, 0.6) is 0 Å². The Kier molecular flexibility index (Phi) is 9.62. The number of hydrogen-bond donors (Lipinski definition) is 1. The van der Waals surface area contributed by atoms with Crippen molar-refractivity contribution >= 4 is 75.4 Å². The van der Waals surface area contributed by atoms with Crippen LogP contribution in [0.15, 0.2) is 137 Å². The van der Waals surface area contributed by atoms with Crippen LogP contribution in [0, 0.1) is 0 Å². The van der Waals surface area contributed by atoms with Gasteiger partial charge in [0.25, 0.3) is 0 Å². The summed E-state index contributed by atoms with van der Waals surface area (Å²) in [7, 11) is -2.63. The molecule has 0 N–H and O–H groups in total. The van der Waals surface area contributed by atoms with Crippen LogP contribution >= 0.6 is 22.7 Å². The van der Waals surface area contributed by atoms with E-state index in [2.05, 4.69) is 154 Å². The summed E-state index contributed by atoms with van der Waals surface area (Å²) in [5, 5.41) is 9.32. The molecule has 0 saturated carbocycles. The molecule has 6 heteroatoms. The standard InChI is InChI=1S/C26H29NO2S.2C8H6S/c1-25(2,3)17-10-12-23-21(14-17)22-15-18(26(4,5)6)11-13-24(22)27(23)19-8-7-9-20(16-19)30(28)29;2*1-2-4-8-7(3-1)5-6-9-8/h7-16,30H,1-6H3;2*1-6H. The third-order valence-corrected chi connectivity index (χ3v) is 11.0. The van der Waals surface area contributed by atoms with E-state index in [4.69, 9.17) is 0 Å². The van der Waals surface area contributed by atoms with Crippen molar-refractivity contribution in [3.63, 3.8) is 0 Å². The minimum absolute atomic E-state index is 0.0467. The first-order valence-corrected chi connectivity index (χ1v) is 19.0. The molecular weight excluding hydrogens is 647 g/mol. The van der Waals surface area contributed by atoms with Crippen molar-refractivity contribution in [1.82, 2.24) is 4.57 Å². The van der Waals surface area contributed by atoms with Gasteiger partial charge in [0.2, 0.25) is 0 Å². The summed E-state index contributed by atoms with van der Waals surface area (Å²) in [5.41, 5.74) is 5.69. The summed E-state index contributed by atoms with van der Waals surface area (Å²) >= 11 is 3.57. The number of benzene rings is 5. The highest BCUT2D eigenvalue weighted by molar-refractivity contribution is 7.72. The predicted octanol–water partition coefficient (Wildman–Crippen LogP) is 12.2. The Morgan fingerprint density at radius 2 is 1.00 bits per heavy atom. The number of rotatable bonds is 2. The Morgan fingerprint density at radius 1 is 0.521 bits per heavy atom. The van der Waals surface area contributed by atoms with Gasteiger partial charge in [-0.2, -0.15) is 0 Å². The lowest BCUT2D eigenvalue weighted by Crippen LogP contribution is -2.10. The van der Waals surface area contributed by atoms with Gasteiger partial charge < -0.3 is 4.57 Å². The third kappa shape index (κ3) is 7.26. The quantitative estimate of drug-likeness (QED) is 0.184. The lowest BCUT2D eigenvalue weighted by Gasteiger charge is -2.19. The summed E-state index contributed by atoms with van der Waals surface area (Å²) < 4.78 is 28.1. The molecule has 0 bridgehead atoms. The van der Waals surface area contributed by atoms with Gasteiger partial charge in [0.05, 0.1) is 15.9 Å². The van der Waals surface area contributed by atoms with Crippen LogP contribution in [0.3, 0.4) is 0 Å². The second kappa shape index (κ2) is 13.7. The topological polar surface area (TPSA) is 39.1 Å². The summed E-state index contributed by atoms with van der Waals surface area (Å²) in [6.45, 7) is 13.3. The van der Waals surface area contributed by atoms with Gasteiger partial charge in [-0.05, 0) is 110 Å². The third-order valence-electron chi connectivity index (χ3n) is 8.52. The Bertz CT molecular complexity index is 2220. The molecule has 244 valence electrons. The number of hydrogen-bond acceptors (Lipinski definition) is 4. The van der Waals surface area contributed by atoms with Gasteiger partial charge >= 0.3 is 0 Å². The molecule has 0 radical (unpaired) electrons. The molecule has 3 aromatic heterocycles. The maximum Gasteiger partial charge on any atom is 0.168 e. The van der Waals surface area contributed by atoms with Gasteiger partial charge in [-0.3, -0.25) is 0 Å². The maximum atomic E-state index is 11.6. The molecule has 3 nitrogen and oxygen atoms in total. The van der Waals surface area contributed by atoms with Crippen LogP contribution in [-0.4, -0.2) is 13.0 Å². The average Bonchev–Trinajstić information content (AvgIpc) is 3.81. The summed E-state index contributed by atoms with van der Waals surface area (Å²) in [5.74, 6) is 0. The highest BCUT2D eigenvalue weighted by Gasteiger charge is 2.20. The van der Waals surface area contributed by atoms with E-state index < -0.39 is 10.7 Å². The van der Waals surface area contributed by atoms with E-state index in [1.165, 1.54) is 42.1 Å². The molecule has 0 saturated heterocycles. The predicted molar refractivity (Wildman–Crippen MR) is 210 cm³/mol. The van der Waals surface area contributed by atoms with E-state index >= 15 is 0 Å². The average molecular weight is 688 g/mol. The zero-order chi connectivity index (χ0) is 34.1. The Hall–Kier alpha value is -4.23. The molecule has 0 unspecified atom stereocenters. The zero-order valence-corrected chi connectivity index (χ0v) is 30.8. The molecule has 48 heavy (non-hydrogen) atoms. The smallest absolute Gasteiger partial charge is 0.168 e. The van der Waals surface area contributed by atoms with Gasteiger partial charge in [-0.25, -0.2) is 8.42 Å². The monoisotopic (exact) mass is 687 g/mol. The van der Waals surface area contributed by atoms with Crippen LogP contribution in [0.25, 0.3) is 47.7 Å². The van der Waals surface area contributed by atoms with Gasteiger partial charge in [0.1, 0.15) is 0 Å². The second-order valence-electron chi connectivity index (χ2n) is 14.0. The van der Waals surface area contributed by atoms with Gasteiger partial charge in [0, 0.05) is 25.9 Å². The first-order valence-electron chi connectivity index (χ1n) is 16.1. The number of aromatic nitrogens is 1. The van der Waals surface area contributed by atoms with Crippen molar-refractivity contribution in [3.05, 3.63) is 143 Å². The van der Waals surface area contributed by atoms with Crippen molar-refractivity contribution < 1.29 is 8.42 Å². The molecule has 5 aromatic carbocycles. The van der Waals surface area contributed by atoms with Crippen molar-refractivity contribution in [2.24, 2.45) is 0 Å². The van der Waals surface area contributed by atoms with Crippen molar-refractivity contribution in [2.45, 2.75) is 57.3 Å². The number of thiol groups is 1. The zero-order valence-electron chi connectivity index (χ0n) is 28.2. The molecule has 8 rings (SSSR count). The minimum Gasteiger partial charge on any atom is -0.309 e. The van der Waals surface area contributed by atoms with E-state index in [-0.39, 0.29) is 10.8 Å². The molecule has 0 amide bonds. The number of fused-ring (bicyclic) bond motifs is 5. The second-order valence-corrected chi connectivity index (χ2v) is 16.9. The molecule has 0 fully saturated rings. The Balaban J connectivity index is 0.000000178. The maximum absolute atomic E-state index is 11.6. The molecule has 0 aliphatic rings. The normalized spacial score (nSPS) is 11.9. The molecule has 0 spiro atoms. The van der Waals surface area contributed by atoms with E-state index in [1.807, 2.05) is 6.07 Å². The van der Waals surface area contributed by atoms with Crippen LogP contribution in [0.2, 0.25) is 0 Å². The van der Waals surface area contributed by atoms with Crippen LogP contribution in [-0.2, 0) is 21.5 Å². The fraction of sp³-hybridized carbons (Fsp3) is 0.190. The summed E-state index contributed by atoms with van der Waals surface area (Å²) in [6, 6.07) is 41.5. The van der Waals surface area contributed by atoms with Crippen molar-refractivity contribution in [1.29, 1.82) is 0 Å². The van der Waals surface area contributed by atoms with Crippen LogP contribution in [0.4, 0.5) is 0 Å². The van der Waals surface area contributed by atoms with Gasteiger partial charge in [-0.1, -0.05) is 96.1 Å². The van der Waals surface area contributed by atoms with Crippen LogP contribution < -0.4 is 0 Å². The van der Waals surface area contributed by atoms with Gasteiger partial charge in [-0.15, -0.1) is 22.7 Å². The first kappa shape index (κ1) is 33.7. The molecule has 8 aromatic rings. The first-order chi connectivity index (χ1) is 22.9. The molecule has 0 aliphatic carbocycles. The molecule has 0 atom stereocenters. The van der Waals surface area contributed by atoms with E-state index in [0.717, 1.165) is 16.7 Å². The number of nitrogens with zero attached hydrogens (tertiary/aromatic N) is 1. The molecule has 0 aliphatic heterocycles. The van der Waals surface area contributed by atoms with E-state index in [1.54, 1.807) is 40.9 Å². The summed E-state index contributed by atoms with van der Waals surface area (Å²) in [6.07, 6.45) is 0. The lowest BCUT2D eigenvalue weighted by molar-refractivity contribution is 0.590.